The minimum atomic E-state index is 0. The second-order valence-electron chi connectivity index (χ2n) is 2.79. The van der Waals surface area contributed by atoms with Crippen molar-refractivity contribution < 1.29 is 0 Å². The van der Waals surface area contributed by atoms with Crippen LogP contribution in [0.5, 0.6) is 0 Å². The Morgan fingerprint density at radius 2 is 2.23 bits per heavy atom. The molecule has 0 fully saturated rings. The summed E-state index contributed by atoms with van der Waals surface area (Å²) >= 11 is 5.78. The Morgan fingerprint density at radius 3 is 2.92 bits per heavy atom. The van der Waals surface area contributed by atoms with Crippen LogP contribution in [0.15, 0.2) is 24.4 Å². The lowest BCUT2D eigenvalue weighted by molar-refractivity contribution is 0.779. The van der Waals surface area contributed by atoms with E-state index in [0.717, 1.165) is 16.5 Å². The van der Waals surface area contributed by atoms with E-state index in [4.69, 9.17) is 11.6 Å². The topological polar surface area (TPSA) is 17.8 Å². The van der Waals surface area contributed by atoms with Crippen molar-refractivity contribution >= 4 is 34.9 Å². The molecule has 0 amide bonds. The van der Waals surface area contributed by atoms with Crippen LogP contribution in [0.4, 0.5) is 0 Å². The van der Waals surface area contributed by atoms with E-state index in [2.05, 4.69) is 5.10 Å². The molecule has 0 bridgehead atoms. The monoisotopic (exact) mass is 216 g/mol. The Bertz CT molecular complexity index is 409. The van der Waals surface area contributed by atoms with Crippen molar-refractivity contribution in [2.45, 2.75) is 5.88 Å². The quantitative estimate of drug-likeness (QED) is 0.671. The molecule has 0 saturated heterocycles. The number of fused-ring (bicyclic) bond motifs is 1. The third kappa shape index (κ3) is 1.79. The molecule has 0 aliphatic heterocycles. The van der Waals surface area contributed by atoms with Gasteiger partial charge in [0.2, 0.25) is 0 Å². The molecule has 0 radical (unpaired) electrons. The summed E-state index contributed by atoms with van der Waals surface area (Å²) < 4.78 is 1.81. The molecule has 0 spiro atoms. The van der Waals surface area contributed by atoms with Gasteiger partial charge in [0, 0.05) is 24.5 Å². The normalized spacial score (nSPS) is 10.0. The summed E-state index contributed by atoms with van der Waals surface area (Å²) in [5.41, 5.74) is 2.15. The van der Waals surface area contributed by atoms with Crippen LogP contribution in [0.3, 0.4) is 0 Å². The number of hydrogen-bond donors (Lipinski definition) is 0. The fourth-order valence-electron chi connectivity index (χ4n) is 1.34. The molecule has 4 heteroatoms. The number of benzene rings is 1. The average molecular weight is 217 g/mol. The van der Waals surface area contributed by atoms with E-state index in [1.807, 2.05) is 31.4 Å². The van der Waals surface area contributed by atoms with Crippen molar-refractivity contribution in [1.29, 1.82) is 0 Å². The molecule has 13 heavy (non-hydrogen) atoms. The maximum absolute atomic E-state index is 5.78. The molecule has 0 atom stereocenters. The third-order valence-electron chi connectivity index (χ3n) is 1.90. The molecule has 0 N–H and O–H groups in total. The van der Waals surface area contributed by atoms with Gasteiger partial charge in [0.25, 0.3) is 0 Å². The van der Waals surface area contributed by atoms with Gasteiger partial charge in [-0.1, -0.05) is 12.1 Å². The highest BCUT2D eigenvalue weighted by Crippen LogP contribution is 2.18. The molecule has 0 unspecified atom stereocenters. The van der Waals surface area contributed by atoms with Gasteiger partial charge in [0.15, 0.2) is 0 Å². The van der Waals surface area contributed by atoms with Crippen LogP contribution in [-0.2, 0) is 12.9 Å². The minimum absolute atomic E-state index is 0. The zero-order valence-electron chi connectivity index (χ0n) is 7.20. The number of halogens is 2. The van der Waals surface area contributed by atoms with Gasteiger partial charge < -0.3 is 0 Å². The fraction of sp³-hybridized carbons (Fsp3) is 0.222. The van der Waals surface area contributed by atoms with Gasteiger partial charge in [0.1, 0.15) is 0 Å². The molecule has 1 aromatic carbocycles. The molecule has 1 aromatic heterocycles. The summed E-state index contributed by atoms with van der Waals surface area (Å²) in [4.78, 5) is 0. The Morgan fingerprint density at radius 1 is 1.46 bits per heavy atom. The van der Waals surface area contributed by atoms with Crippen LogP contribution >= 0.6 is 24.0 Å². The van der Waals surface area contributed by atoms with Crippen LogP contribution in [-0.4, -0.2) is 9.78 Å². The SMILES string of the molecule is Cl.Cn1cc2c(CCl)cccc2n1. The average Bonchev–Trinajstić information content (AvgIpc) is 2.44. The number of hydrogen-bond acceptors (Lipinski definition) is 1. The maximum Gasteiger partial charge on any atom is 0.0926 e. The first-order chi connectivity index (χ1) is 5.81. The third-order valence-corrected chi connectivity index (χ3v) is 2.19. The molecular formula is C9H10Cl2N2. The number of nitrogens with zero attached hydrogens (tertiary/aromatic N) is 2. The Labute approximate surface area is 87.9 Å². The van der Waals surface area contributed by atoms with Crippen LogP contribution < -0.4 is 0 Å². The van der Waals surface area contributed by atoms with Gasteiger partial charge >= 0.3 is 0 Å². The van der Waals surface area contributed by atoms with E-state index in [1.165, 1.54) is 0 Å². The number of aromatic nitrogens is 2. The molecular weight excluding hydrogens is 207 g/mol. The molecule has 70 valence electrons. The van der Waals surface area contributed by atoms with Gasteiger partial charge in [-0.3, -0.25) is 4.68 Å². The molecule has 0 aliphatic rings. The van der Waals surface area contributed by atoms with Crippen molar-refractivity contribution in [3.8, 4) is 0 Å². The van der Waals surface area contributed by atoms with Crippen molar-refractivity contribution in [3.63, 3.8) is 0 Å². The van der Waals surface area contributed by atoms with Crippen molar-refractivity contribution in [2.24, 2.45) is 7.05 Å². The number of alkyl halides is 1. The van der Waals surface area contributed by atoms with E-state index >= 15 is 0 Å². The first-order valence-corrected chi connectivity index (χ1v) is 4.32. The second-order valence-corrected chi connectivity index (χ2v) is 3.05. The highest BCUT2D eigenvalue weighted by atomic mass is 35.5. The first kappa shape index (κ1) is 10.4. The largest absolute Gasteiger partial charge is 0.275 e. The minimum Gasteiger partial charge on any atom is -0.275 e. The highest BCUT2D eigenvalue weighted by molar-refractivity contribution is 6.18. The molecule has 0 aliphatic carbocycles. The summed E-state index contributed by atoms with van der Waals surface area (Å²) in [5, 5.41) is 5.43. The predicted molar refractivity (Wildman–Crippen MR) is 57.5 cm³/mol. The van der Waals surface area contributed by atoms with Crippen LogP contribution in [0.25, 0.3) is 10.9 Å². The van der Waals surface area contributed by atoms with Crippen molar-refractivity contribution in [3.05, 3.63) is 30.0 Å². The Kier molecular flexibility index (Phi) is 3.17. The van der Waals surface area contributed by atoms with Crippen LogP contribution in [0.1, 0.15) is 5.56 Å². The van der Waals surface area contributed by atoms with E-state index in [0.29, 0.717) is 5.88 Å². The maximum atomic E-state index is 5.78. The standard InChI is InChI=1S/C9H9ClN2.ClH/c1-12-6-8-7(5-10)3-2-4-9(8)11-12;/h2-4,6H,5H2,1H3;1H. The van der Waals surface area contributed by atoms with Gasteiger partial charge in [-0.05, 0) is 11.6 Å². The summed E-state index contributed by atoms with van der Waals surface area (Å²) in [6.45, 7) is 0. The summed E-state index contributed by atoms with van der Waals surface area (Å²) in [5.74, 6) is 0.545. The van der Waals surface area contributed by atoms with Crippen LogP contribution in [0, 0.1) is 0 Å². The predicted octanol–water partition coefficient (Wildman–Crippen LogP) is 2.73. The van der Waals surface area contributed by atoms with E-state index in [9.17, 15) is 0 Å². The van der Waals surface area contributed by atoms with Crippen LogP contribution in [0.2, 0.25) is 0 Å². The van der Waals surface area contributed by atoms with E-state index in [-0.39, 0.29) is 12.4 Å². The van der Waals surface area contributed by atoms with E-state index in [1.54, 1.807) is 4.68 Å². The van der Waals surface area contributed by atoms with Crippen molar-refractivity contribution in [2.75, 3.05) is 0 Å². The van der Waals surface area contributed by atoms with Gasteiger partial charge in [-0.15, -0.1) is 24.0 Å². The van der Waals surface area contributed by atoms with Crippen molar-refractivity contribution in [1.82, 2.24) is 9.78 Å². The van der Waals surface area contributed by atoms with E-state index < -0.39 is 0 Å². The highest BCUT2D eigenvalue weighted by Gasteiger charge is 2.01. The second kappa shape index (κ2) is 3.99. The molecule has 2 aromatic rings. The smallest absolute Gasteiger partial charge is 0.0926 e. The molecule has 0 saturated carbocycles. The fourth-order valence-corrected chi connectivity index (χ4v) is 1.57. The Balaban J connectivity index is 0.000000845. The number of aryl methyl sites for hydroxylation is 1. The summed E-state index contributed by atoms with van der Waals surface area (Å²) in [6.07, 6.45) is 1.99. The zero-order valence-corrected chi connectivity index (χ0v) is 8.77. The lowest BCUT2D eigenvalue weighted by Gasteiger charge is -1.94. The van der Waals surface area contributed by atoms with Gasteiger partial charge in [-0.25, -0.2) is 0 Å². The molecule has 1 heterocycles. The summed E-state index contributed by atoms with van der Waals surface area (Å²) in [6, 6.07) is 6.00. The van der Waals surface area contributed by atoms with Gasteiger partial charge in [0.05, 0.1) is 5.52 Å². The number of rotatable bonds is 1. The zero-order chi connectivity index (χ0) is 8.55. The molecule has 2 nitrogen and oxygen atoms in total. The lowest BCUT2D eigenvalue weighted by atomic mass is 10.1. The lowest BCUT2D eigenvalue weighted by Crippen LogP contribution is -1.84. The summed E-state index contributed by atoms with van der Waals surface area (Å²) in [7, 11) is 1.91. The Hall–Kier alpha value is -0.730. The molecule has 2 rings (SSSR count). The first-order valence-electron chi connectivity index (χ1n) is 3.78. The van der Waals surface area contributed by atoms with Gasteiger partial charge in [-0.2, -0.15) is 5.10 Å².